The average molecular weight is 305 g/mol. The highest BCUT2D eigenvalue weighted by molar-refractivity contribution is 5.76. The number of carbonyl (C=O) groups excluding carboxylic acids is 1. The van der Waals surface area contributed by atoms with Crippen LogP contribution in [0.3, 0.4) is 0 Å². The van der Waals surface area contributed by atoms with E-state index in [1.165, 1.54) is 5.56 Å². The highest BCUT2D eigenvalue weighted by atomic mass is 16.5. The largest absolute Gasteiger partial charge is 0.493 e. The zero-order valence-electron chi connectivity index (χ0n) is 13.7. The van der Waals surface area contributed by atoms with E-state index in [0.29, 0.717) is 18.9 Å². The minimum absolute atomic E-state index is 0.209. The van der Waals surface area contributed by atoms with E-state index in [0.717, 1.165) is 43.7 Å². The van der Waals surface area contributed by atoms with E-state index < -0.39 is 0 Å². The third kappa shape index (κ3) is 4.73. The molecule has 22 heavy (non-hydrogen) atoms. The molecule has 4 nitrogen and oxygen atoms in total. The zero-order chi connectivity index (χ0) is 15.9. The Labute approximate surface area is 133 Å². The molecule has 2 rings (SSSR count). The molecule has 1 fully saturated rings. The molecule has 0 spiro atoms. The summed E-state index contributed by atoms with van der Waals surface area (Å²) in [6.45, 7) is 6.48. The Kier molecular flexibility index (Phi) is 6.25. The molecule has 0 aromatic heterocycles. The Morgan fingerprint density at radius 3 is 2.68 bits per heavy atom. The monoisotopic (exact) mass is 305 g/mol. The first-order valence-corrected chi connectivity index (χ1v) is 8.19. The van der Waals surface area contributed by atoms with Crippen molar-refractivity contribution in [1.82, 2.24) is 4.90 Å². The number of likely N-dealkylation sites (tertiary alicyclic amines) is 1. The normalized spacial score (nSPS) is 15.9. The van der Waals surface area contributed by atoms with Crippen LogP contribution >= 0.6 is 0 Å². The number of rotatable bonds is 6. The van der Waals surface area contributed by atoms with Gasteiger partial charge in [0.1, 0.15) is 5.75 Å². The summed E-state index contributed by atoms with van der Waals surface area (Å²) in [5, 5.41) is 9.12. The predicted molar refractivity (Wildman–Crippen MR) is 87.0 cm³/mol. The van der Waals surface area contributed by atoms with Crippen molar-refractivity contribution in [3.8, 4) is 5.75 Å². The maximum Gasteiger partial charge on any atom is 0.222 e. The molecule has 1 amide bonds. The van der Waals surface area contributed by atoms with Crippen molar-refractivity contribution in [1.29, 1.82) is 0 Å². The predicted octanol–water partition coefficient (Wildman–Crippen LogP) is 2.69. The van der Waals surface area contributed by atoms with E-state index >= 15 is 0 Å². The summed E-state index contributed by atoms with van der Waals surface area (Å²) in [4.78, 5) is 14.0. The van der Waals surface area contributed by atoms with Gasteiger partial charge in [0.05, 0.1) is 6.61 Å². The second-order valence-corrected chi connectivity index (χ2v) is 6.23. The summed E-state index contributed by atoms with van der Waals surface area (Å²) in [7, 11) is 0. The van der Waals surface area contributed by atoms with Crippen LogP contribution in [0.5, 0.6) is 5.75 Å². The van der Waals surface area contributed by atoms with Crippen LogP contribution in [0.4, 0.5) is 0 Å². The number of aryl methyl sites for hydroxylation is 2. The second kappa shape index (κ2) is 8.18. The minimum atomic E-state index is 0.209. The van der Waals surface area contributed by atoms with Crippen LogP contribution in [0.2, 0.25) is 0 Å². The van der Waals surface area contributed by atoms with Gasteiger partial charge in [-0.1, -0.05) is 17.7 Å². The molecule has 1 aliphatic rings. The number of piperidine rings is 1. The van der Waals surface area contributed by atoms with Crippen LogP contribution in [0.25, 0.3) is 0 Å². The van der Waals surface area contributed by atoms with E-state index in [-0.39, 0.29) is 12.5 Å². The molecule has 1 heterocycles. The highest BCUT2D eigenvalue weighted by Crippen LogP contribution is 2.20. The molecule has 4 heteroatoms. The van der Waals surface area contributed by atoms with E-state index in [9.17, 15) is 4.79 Å². The first-order valence-electron chi connectivity index (χ1n) is 8.19. The number of hydrogen-bond donors (Lipinski definition) is 1. The molecule has 1 saturated heterocycles. The van der Waals surface area contributed by atoms with Gasteiger partial charge in [-0.15, -0.1) is 0 Å². The number of benzene rings is 1. The van der Waals surface area contributed by atoms with Gasteiger partial charge in [-0.2, -0.15) is 0 Å². The Balaban J connectivity index is 1.67. The quantitative estimate of drug-likeness (QED) is 0.822. The van der Waals surface area contributed by atoms with Gasteiger partial charge in [0.25, 0.3) is 0 Å². The van der Waals surface area contributed by atoms with Crippen LogP contribution in [-0.4, -0.2) is 42.2 Å². The SMILES string of the molecule is Cc1ccc(OCCCC(=O)N2CCC(CO)CC2)c(C)c1. The van der Waals surface area contributed by atoms with Crippen molar-refractivity contribution < 1.29 is 14.6 Å². The van der Waals surface area contributed by atoms with Crippen LogP contribution in [0.15, 0.2) is 18.2 Å². The second-order valence-electron chi connectivity index (χ2n) is 6.23. The lowest BCUT2D eigenvalue weighted by Gasteiger charge is -2.31. The molecule has 1 aromatic carbocycles. The summed E-state index contributed by atoms with van der Waals surface area (Å²) in [6.07, 6.45) is 3.11. The topological polar surface area (TPSA) is 49.8 Å². The fraction of sp³-hybridized carbons (Fsp3) is 0.611. The van der Waals surface area contributed by atoms with E-state index in [1.807, 2.05) is 24.0 Å². The van der Waals surface area contributed by atoms with Crippen molar-refractivity contribution >= 4 is 5.91 Å². The van der Waals surface area contributed by atoms with Gasteiger partial charge < -0.3 is 14.7 Å². The Morgan fingerprint density at radius 1 is 1.32 bits per heavy atom. The Bertz CT molecular complexity index is 493. The summed E-state index contributed by atoms with van der Waals surface area (Å²) in [6, 6.07) is 6.14. The molecule has 0 radical (unpaired) electrons. The molecular formula is C18H27NO3. The third-order valence-corrected chi connectivity index (χ3v) is 4.35. The third-order valence-electron chi connectivity index (χ3n) is 4.35. The van der Waals surface area contributed by atoms with Gasteiger partial charge in [-0.25, -0.2) is 0 Å². The highest BCUT2D eigenvalue weighted by Gasteiger charge is 2.21. The number of aliphatic hydroxyl groups is 1. The van der Waals surface area contributed by atoms with E-state index in [4.69, 9.17) is 9.84 Å². The molecule has 0 saturated carbocycles. The van der Waals surface area contributed by atoms with E-state index in [2.05, 4.69) is 13.0 Å². The lowest BCUT2D eigenvalue weighted by Crippen LogP contribution is -2.39. The summed E-state index contributed by atoms with van der Waals surface area (Å²) < 4.78 is 5.76. The van der Waals surface area contributed by atoms with Gasteiger partial charge in [0.2, 0.25) is 5.91 Å². The average Bonchev–Trinajstić information content (AvgIpc) is 2.53. The van der Waals surface area contributed by atoms with Gasteiger partial charge in [-0.05, 0) is 50.7 Å². The number of carbonyl (C=O) groups is 1. The maximum absolute atomic E-state index is 12.1. The number of hydrogen-bond acceptors (Lipinski definition) is 3. The van der Waals surface area contributed by atoms with Crippen LogP contribution < -0.4 is 4.74 Å². The molecular weight excluding hydrogens is 278 g/mol. The lowest BCUT2D eigenvalue weighted by atomic mass is 9.97. The fourth-order valence-corrected chi connectivity index (χ4v) is 2.89. The molecule has 0 atom stereocenters. The molecule has 1 aliphatic heterocycles. The summed E-state index contributed by atoms with van der Waals surface area (Å²) in [5.74, 6) is 1.49. The van der Waals surface area contributed by atoms with Crippen molar-refractivity contribution in [2.24, 2.45) is 5.92 Å². The number of aliphatic hydroxyl groups excluding tert-OH is 1. The van der Waals surface area contributed by atoms with Crippen molar-refractivity contribution in [3.05, 3.63) is 29.3 Å². The number of ether oxygens (including phenoxy) is 1. The zero-order valence-corrected chi connectivity index (χ0v) is 13.7. The van der Waals surface area contributed by atoms with Gasteiger partial charge >= 0.3 is 0 Å². The molecule has 1 N–H and O–H groups in total. The summed E-state index contributed by atoms with van der Waals surface area (Å²) >= 11 is 0. The standard InChI is InChI=1S/C18H27NO3/c1-14-5-6-17(15(2)12-14)22-11-3-4-18(21)19-9-7-16(13-20)8-10-19/h5-6,12,16,20H,3-4,7-11,13H2,1-2H3. The van der Waals surface area contributed by atoms with Crippen molar-refractivity contribution in [2.75, 3.05) is 26.3 Å². The number of nitrogens with zero attached hydrogens (tertiary/aromatic N) is 1. The smallest absolute Gasteiger partial charge is 0.222 e. The van der Waals surface area contributed by atoms with Crippen LogP contribution in [0, 0.1) is 19.8 Å². The van der Waals surface area contributed by atoms with Gasteiger partial charge in [-0.3, -0.25) is 4.79 Å². The first-order chi connectivity index (χ1) is 10.6. The molecule has 1 aromatic rings. The Morgan fingerprint density at radius 2 is 2.05 bits per heavy atom. The maximum atomic E-state index is 12.1. The molecule has 122 valence electrons. The number of amides is 1. The fourth-order valence-electron chi connectivity index (χ4n) is 2.89. The van der Waals surface area contributed by atoms with Crippen LogP contribution in [-0.2, 0) is 4.79 Å². The van der Waals surface area contributed by atoms with Gasteiger partial charge in [0, 0.05) is 26.1 Å². The van der Waals surface area contributed by atoms with Crippen molar-refractivity contribution in [2.45, 2.75) is 39.5 Å². The summed E-state index contributed by atoms with van der Waals surface area (Å²) in [5.41, 5.74) is 2.36. The molecule has 0 bridgehead atoms. The lowest BCUT2D eigenvalue weighted by molar-refractivity contribution is -0.133. The first kappa shape index (κ1) is 16.8. The Hall–Kier alpha value is -1.55. The molecule has 0 unspecified atom stereocenters. The molecule has 0 aliphatic carbocycles. The van der Waals surface area contributed by atoms with Gasteiger partial charge in [0.15, 0.2) is 0 Å². The van der Waals surface area contributed by atoms with Crippen LogP contribution in [0.1, 0.15) is 36.8 Å². The van der Waals surface area contributed by atoms with Crippen molar-refractivity contribution in [3.63, 3.8) is 0 Å². The van der Waals surface area contributed by atoms with E-state index in [1.54, 1.807) is 0 Å². The minimum Gasteiger partial charge on any atom is -0.493 e.